The third-order valence-corrected chi connectivity index (χ3v) is 2.46. The fourth-order valence-electron chi connectivity index (χ4n) is 0.761. The first-order valence-electron chi connectivity index (χ1n) is 3.27. The molecule has 1 aromatic heterocycles. The van der Waals surface area contributed by atoms with Gasteiger partial charge in [0.05, 0.1) is 0 Å². The van der Waals surface area contributed by atoms with Crippen molar-refractivity contribution in [3.63, 3.8) is 0 Å². The van der Waals surface area contributed by atoms with Crippen LogP contribution in [0.15, 0.2) is 11.5 Å². The molecule has 12 heavy (non-hydrogen) atoms. The minimum atomic E-state index is -3.77. The second kappa shape index (κ2) is 3.02. The third-order valence-electron chi connectivity index (χ3n) is 1.31. The van der Waals surface area contributed by atoms with Gasteiger partial charge in [-0.3, -0.25) is 0 Å². The van der Waals surface area contributed by atoms with Crippen molar-refractivity contribution in [1.82, 2.24) is 14.8 Å². The van der Waals surface area contributed by atoms with Crippen LogP contribution in [0.2, 0.25) is 0 Å². The molecule has 1 rings (SSSR count). The largest absolute Gasteiger partial charge is 0.301 e. The van der Waals surface area contributed by atoms with Crippen LogP contribution in [0.3, 0.4) is 0 Å². The molecule has 1 heterocycles. The van der Waals surface area contributed by atoms with Gasteiger partial charge in [-0.15, -0.1) is 10.2 Å². The van der Waals surface area contributed by atoms with Gasteiger partial charge in [0, 0.05) is 16.7 Å². The highest BCUT2D eigenvalue weighted by Crippen LogP contribution is 2.15. The minimum Gasteiger partial charge on any atom is -0.301 e. The number of rotatable bonds is 2. The van der Waals surface area contributed by atoms with Gasteiger partial charge in [-0.2, -0.15) is 0 Å². The molecule has 0 fully saturated rings. The van der Waals surface area contributed by atoms with E-state index in [9.17, 15) is 8.42 Å². The first-order valence-corrected chi connectivity index (χ1v) is 5.58. The Hall–Kier alpha value is -0.620. The first-order chi connectivity index (χ1) is 5.43. The lowest BCUT2D eigenvalue weighted by Crippen LogP contribution is -2.07. The molecule has 5 nitrogen and oxygen atoms in total. The summed E-state index contributed by atoms with van der Waals surface area (Å²) in [6.07, 6.45) is 1.33. The van der Waals surface area contributed by atoms with Gasteiger partial charge < -0.3 is 4.57 Å². The van der Waals surface area contributed by atoms with Crippen molar-refractivity contribution >= 4 is 19.7 Å². The van der Waals surface area contributed by atoms with Gasteiger partial charge in [-0.25, -0.2) is 8.42 Å². The molecule has 7 heteroatoms. The monoisotopic (exact) mass is 209 g/mol. The van der Waals surface area contributed by atoms with Crippen LogP contribution < -0.4 is 0 Å². The summed E-state index contributed by atoms with van der Waals surface area (Å²) in [7, 11) is 1.32. The Morgan fingerprint density at radius 3 is 2.50 bits per heavy atom. The van der Waals surface area contributed by atoms with Crippen molar-refractivity contribution in [3.8, 4) is 0 Å². The second-order valence-electron chi connectivity index (χ2n) is 2.55. The maximum atomic E-state index is 10.9. The maximum Gasteiger partial charge on any atom is 0.296 e. The van der Waals surface area contributed by atoms with Gasteiger partial charge >= 0.3 is 0 Å². The predicted octanol–water partition coefficient (Wildman–Crippen LogP) is 0.786. The van der Waals surface area contributed by atoms with E-state index in [1.807, 2.05) is 13.8 Å². The molecule has 0 aromatic carbocycles. The molecule has 0 aliphatic heterocycles. The predicted molar refractivity (Wildman–Crippen MR) is 43.4 cm³/mol. The number of halogens is 1. The standard InChI is InChI=1S/C5H8ClN3O2S/c1-4(2)9-3-7-8-5(9)12(6,10)11/h3-4H,1-2H3. The van der Waals surface area contributed by atoms with Crippen LogP contribution in [0.4, 0.5) is 0 Å². The summed E-state index contributed by atoms with van der Waals surface area (Å²) in [4.78, 5) is 0. The van der Waals surface area contributed by atoms with Crippen LogP contribution in [-0.2, 0) is 9.05 Å². The average Bonchev–Trinajstić information content (AvgIpc) is 2.30. The highest BCUT2D eigenvalue weighted by atomic mass is 35.7. The van der Waals surface area contributed by atoms with Crippen molar-refractivity contribution in [2.24, 2.45) is 0 Å². The summed E-state index contributed by atoms with van der Waals surface area (Å²) in [6, 6.07) is -0.0245. The molecule has 0 aliphatic carbocycles. The zero-order chi connectivity index (χ0) is 9.35. The van der Waals surface area contributed by atoms with Crippen molar-refractivity contribution in [2.45, 2.75) is 25.0 Å². The number of hydrogen-bond acceptors (Lipinski definition) is 4. The Morgan fingerprint density at radius 1 is 1.58 bits per heavy atom. The molecular formula is C5H8ClN3O2S. The maximum absolute atomic E-state index is 10.9. The second-order valence-corrected chi connectivity index (χ2v) is 5.01. The highest BCUT2D eigenvalue weighted by molar-refractivity contribution is 8.13. The Kier molecular flexibility index (Phi) is 2.39. The normalized spacial score (nSPS) is 12.3. The fraction of sp³-hybridized carbons (Fsp3) is 0.600. The molecule has 0 saturated heterocycles. The highest BCUT2D eigenvalue weighted by Gasteiger charge is 2.19. The Labute approximate surface area is 74.8 Å². The zero-order valence-corrected chi connectivity index (χ0v) is 8.17. The van der Waals surface area contributed by atoms with Crippen molar-refractivity contribution in [2.75, 3.05) is 0 Å². The molecule has 0 atom stereocenters. The van der Waals surface area contributed by atoms with Crippen LogP contribution in [0.5, 0.6) is 0 Å². The molecule has 0 saturated carbocycles. The van der Waals surface area contributed by atoms with E-state index in [1.165, 1.54) is 10.9 Å². The van der Waals surface area contributed by atoms with E-state index < -0.39 is 9.05 Å². The van der Waals surface area contributed by atoms with E-state index in [4.69, 9.17) is 10.7 Å². The summed E-state index contributed by atoms with van der Waals surface area (Å²) >= 11 is 0. The van der Waals surface area contributed by atoms with Gasteiger partial charge in [0.25, 0.3) is 14.2 Å². The molecule has 0 N–H and O–H groups in total. The summed E-state index contributed by atoms with van der Waals surface area (Å²) in [5, 5.41) is 6.65. The van der Waals surface area contributed by atoms with E-state index in [-0.39, 0.29) is 11.2 Å². The van der Waals surface area contributed by atoms with Crippen molar-refractivity contribution < 1.29 is 8.42 Å². The Balaban J connectivity index is 3.26. The van der Waals surface area contributed by atoms with E-state index >= 15 is 0 Å². The number of nitrogens with zero attached hydrogens (tertiary/aromatic N) is 3. The minimum absolute atomic E-state index is 0.0245. The quantitative estimate of drug-likeness (QED) is 0.676. The summed E-state index contributed by atoms with van der Waals surface area (Å²) in [5.74, 6) is 0. The average molecular weight is 210 g/mol. The fourth-order valence-corrected chi connectivity index (χ4v) is 1.75. The van der Waals surface area contributed by atoms with Crippen molar-refractivity contribution in [3.05, 3.63) is 6.33 Å². The van der Waals surface area contributed by atoms with Gasteiger partial charge in [0.2, 0.25) is 0 Å². The zero-order valence-electron chi connectivity index (χ0n) is 6.60. The van der Waals surface area contributed by atoms with Crippen LogP contribution in [0.1, 0.15) is 19.9 Å². The van der Waals surface area contributed by atoms with Crippen LogP contribution >= 0.6 is 10.7 Å². The Bertz CT molecular complexity index is 370. The lowest BCUT2D eigenvalue weighted by atomic mass is 10.4. The summed E-state index contributed by atoms with van der Waals surface area (Å²) < 4.78 is 23.1. The van der Waals surface area contributed by atoms with Gasteiger partial charge in [-0.1, -0.05) is 0 Å². The molecule has 0 aliphatic rings. The van der Waals surface area contributed by atoms with E-state index in [1.54, 1.807) is 0 Å². The molecule has 68 valence electrons. The van der Waals surface area contributed by atoms with Crippen LogP contribution in [-0.4, -0.2) is 23.2 Å². The van der Waals surface area contributed by atoms with Gasteiger partial charge in [0.1, 0.15) is 6.33 Å². The number of hydrogen-bond donors (Lipinski definition) is 0. The third kappa shape index (κ3) is 1.75. The topological polar surface area (TPSA) is 64.8 Å². The molecule has 0 bridgehead atoms. The molecular weight excluding hydrogens is 202 g/mol. The molecule has 0 amide bonds. The van der Waals surface area contributed by atoms with Crippen LogP contribution in [0, 0.1) is 0 Å². The molecule has 1 aromatic rings. The summed E-state index contributed by atoms with van der Waals surface area (Å²) in [6.45, 7) is 3.63. The van der Waals surface area contributed by atoms with Crippen molar-refractivity contribution in [1.29, 1.82) is 0 Å². The van der Waals surface area contributed by atoms with E-state index in [0.717, 1.165) is 0 Å². The molecule has 0 unspecified atom stereocenters. The smallest absolute Gasteiger partial charge is 0.296 e. The summed E-state index contributed by atoms with van der Waals surface area (Å²) in [5.41, 5.74) is 0. The van der Waals surface area contributed by atoms with Gasteiger partial charge in [-0.05, 0) is 13.8 Å². The molecule has 0 radical (unpaired) electrons. The first kappa shape index (κ1) is 9.47. The SMILES string of the molecule is CC(C)n1cnnc1S(=O)(=O)Cl. The molecule has 0 spiro atoms. The lowest BCUT2D eigenvalue weighted by molar-refractivity contribution is 0.526. The Morgan fingerprint density at radius 2 is 2.17 bits per heavy atom. The lowest BCUT2D eigenvalue weighted by Gasteiger charge is -2.06. The van der Waals surface area contributed by atoms with E-state index in [2.05, 4.69) is 10.2 Å². The van der Waals surface area contributed by atoms with Gasteiger partial charge in [0.15, 0.2) is 0 Å². The van der Waals surface area contributed by atoms with Crippen LogP contribution in [0.25, 0.3) is 0 Å². The van der Waals surface area contributed by atoms with E-state index in [0.29, 0.717) is 0 Å². The number of aromatic nitrogens is 3.